The molecule has 0 fully saturated rings. The molecule has 1 N–H and O–H groups in total. The van der Waals surface area contributed by atoms with E-state index in [1.807, 2.05) is 0 Å². The van der Waals surface area contributed by atoms with Crippen molar-refractivity contribution in [2.75, 3.05) is 20.3 Å². The first-order valence-electron chi connectivity index (χ1n) is 8.96. The average Bonchev–Trinajstić information content (AvgIpc) is 2.74. The van der Waals surface area contributed by atoms with E-state index in [0.29, 0.717) is 16.9 Å². The molecule has 0 saturated carbocycles. The SMILES string of the molecule is COc1ccc(CNC(=O)COC(=O)CN2C(=O)Cc3ccccc3C2=O)cc1. The van der Waals surface area contributed by atoms with Crippen LogP contribution in [0.5, 0.6) is 5.75 Å². The van der Waals surface area contributed by atoms with E-state index < -0.39 is 36.8 Å². The Labute approximate surface area is 167 Å². The number of imide groups is 1. The smallest absolute Gasteiger partial charge is 0.326 e. The van der Waals surface area contributed by atoms with Crippen LogP contribution in [0.1, 0.15) is 21.5 Å². The molecule has 0 radical (unpaired) electrons. The highest BCUT2D eigenvalue weighted by Gasteiger charge is 2.32. The van der Waals surface area contributed by atoms with Crippen molar-refractivity contribution in [2.24, 2.45) is 0 Å². The van der Waals surface area contributed by atoms with Crippen molar-refractivity contribution < 1.29 is 28.7 Å². The number of hydrogen-bond acceptors (Lipinski definition) is 6. The van der Waals surface area contributed by atoms with Crippen LogP contribution in [0.15, 0.2) is 48.5 Å². The lowest BCUT2D eigenvalue weighted by Gasteiger charge is -2.25. The van der Waals surface area contributed by atoms with Gasteiger partial charge in [-0.3, -0.25) is 24.1 Å². The number of carbonyl (C=O) groups is 4. The first-order chi connectivity index (χ1) is 14.0. The molecule has 0 saturated heterocycles. The molecule has 3 amide bonds. The number of esters is 1. The maximum Gasteiger partial charge on any atom is 0.326 e. The number of amides is 3. The second-order valence-corrected chi connectivity index (χ2v) is 6.40. The van der Waals surface area contributed by atoms with Gasteiger partial charge in [-0.25, -0.2) is 0 Å². The molecule has 1 aliphatic heterocycles. The van der Waals surface area contributed by atoms with E-state index in [-0.39, 0.29) is 13.0 Å². The van der Waals surface area contributed by atoms with Crippen molar-refractivity contribution in [3.63, 3.8) is 0 Å². The van der Waals surface area contributed by atoms with Crippen LogP contribution in [-0.2, 0) is 32.1 Å². The molecule has 2 aromatic carbocycles. The van der Waals surface area contributed by atoms with Crippen LogP contribution in [0.2, 0.25) is 0 Å². The summed E-state index contributed by atoms with van der Waals surface area (Å²) < 4.78 is 9.96. The number of carbonyl (C=O) groups excluding carboxylic acids is 4. The molecule has 8 heteroatoms. The molecule has 150 valence electrons. The van der Waals surface area contributed by atoms with E-state index in [4.69, 9.17) is 9.47 Å². The number of benzene rings is 2. The fourth-order valence-electron chi connectivity index (χ4n) is 2.88. The van der Waals surface area contributed by atoms with Crippen molar-refractivity contribution in [2.45, 2.75) is 13.0 Å². The highest BCUT2D eigenvalue weighted by Crippen LogP contribution is 2.19. The highest BCUT2D eigenvalue weighted by molar-refractivity contribution is 6.11. The van der Waals surface area contributed by atoms with Crippen molar-refractivity contribution in [1.29, 1.82) is 0 Å². The summed E-state index contributed by atoms with van der Waals surface area (Å²) in [6, 6.07) is 13.9. The molecule has 2 aromatic rings. The predicted octanol–water partition coefficient (Wildman–Crippen LogP) is 1.08. The van der Waals surface area contributed by atoms with Crippen molar-refractivity contribution >= 4 is 23.7 Å². The second kappa shape index (κ2) is 9.01. The van der Waals surface area contributed by atoms with Crippen LogP contribution in [0.4, 0.5) is 0 Å². The first kappa shape index (κ1) is 20.1. The van der Waals surface area contributed by atoms with Gasteiger partial charge in [0.25, 0.3) is 11.8 Å². The molecular weight excluding hydrogens is 376 g/mol. The van der Waals surface area contributed by atoms with Crippen LogP contribution < -0.4 is 10.1 Å². The van der Waals surface area contributed by atoms with E-state index >= 15 is 0 Å². The number of rotatable bonds is 7. The molecular formula is C21H20N2O6. The molecule has 29 heavy (non-hydrogen) atoms. The topological polar surface area (TPSA) is 102 Å². The van der Waals surface area contributed by atoms with E-state index in [0.717, 1.165) is 10.5 Å². The van der Waals surface area contributed by atoms with Gasteiger partial charge in [-0.15, -0.1) is 0 Å². The van der Waals surface area contributed by atoms with Crippen molar-refractivity contribution in [1.82, 2.24) is 10.2 Å². The maximum absolute atomic E-state index is 12.4. The Morgan fingerprint density at radius 2 is 1.79 bits per heavy atom. The van der Waals surface area contributed by atoms with Gasteiger partial charge in [0, 0.05) is 12.1 Å². The number of nitrogens with one attached hydrogen (secondary N) is 1. The van der Waals surface area contributed by atoms with Crippen LogP contribution in [-0.4, -0.2) is 48.9 Å². The van der Waals surface area contributed by atoms with Crippen LogP contribution in [0.25, 0.3) is 0 Å². The summed E-state index contributed by atoms with van der Waals surface area (Å²) in [5.74, 6) is -1.63. The van der Waals surface area contributed by atoms with Gasteiger partial charge in [0.05, 0.1) is 13.5 Å². The number of hydrogen-bond donors (Lipinski definition) is 1. The van der Waals surface area contributed by atoms with Gasteiger partial charge in [0.2, 0.25) is 5.91 Å². The number of methoxy groups -OCH3 is 1. The Balaban J connectivity index is 1.46. The van der Waals surface area contributed by atoms with Gasteiger partial charge in [0.1, 0.15) is 12.3 Å². The molecule has 0 aromatic heterocycles. The Morgan fingerprint density at radius 3 is 2.52 bits per heavy atom. The minimum Gasteiger partial charge on any atom is -0.497 e. The lowest BCUT2D eigenvalue weighted by Crippen LogP contribution is -2.45. The molecule has 0 unspecified atom stereocenters. The van der Waals surface area contributed by atoms with E-state index in [9.17, 15) is 19.2 Å². The standard InChI is InChI=1S/C21H20N2O6/c1-28-16-8-6-14(7-9-16)11-22-18(24)13-29-20(26)12-23-19(25)10-15-4-2-3-5-17(15)21(23)27/h2-9H,10-13H2,1H3,(H,22,24). The molecule has 3 rings (SSSR count). The third-order valence-electron chi connectivity index (χ3n) is 4.44. The van der Waals surface area contributed by atoms with Gasteiger partial charge >= 0.3 is 5.97 Å². The Kier molecular flexibility index (Phi) is 6.23. The third-order valence-corrected chi connectivity index (χ3v) is 4.44. The molecule has 0 spiro atoms. The normalized spacial score (nSPS) is 12.9. The summed E-state index contributed by atoms with van der Waals surface area (Å²) in [4.78, 5) is 49.3. The van der Waals surface area contributed by atoms with E-state index in [1.165, 1.54) is 0 Å². The molecule has 0 bridgehead atoms. The fourth-order valence-corrected chi connectivity index (χ4v) is 2.88. The highest BCUT2D eigenvalue weighted by atomic mass is 16.5. The van der Waals surface area contributed by atoms with Gasteiger partial charge in [-0.2, -0.15) is 0 Å². The Bertz CT molecular complexity index is 938. The molecule has 1 heterocycles. The summed E-state index contributed by atoms with van der Waals surface area (Å²) >= 11 is 0. The minimum atomic E-state index is -0.828. The zero-order chi connectivity index (χ0) is 20.8. The molecule has 8 nitrogen and oxygen atoms in total. The van der Waals surface area contributed by atoms with Crippen LogP contribution in [0, 0.1) is 0 Å². The summed E-state index contributed by atoms with van der Waals surface area (Å²) in [5.41, 5.74) is 1.87. The lowest BCUT2D eigenvalue weighted by atomic mass is 9.98. The number of fused-ring (bicyclic) bond motifs is 1. The second-order valence-electron chi connectivity index (χ2n) is 6.40. The zero-order valence-electron chi connectivity index (χ0n) is 15.8. The third kappa shape index (κ3) is 4.98. The van der Waals surface area contributed by atoms with Crippen molar-refractivity contribution in [3.05, 3.63) is 65.2 Å². The monoisotopic (exact) mass is 396 g/mol. The maximum atomic E-state index is 12.4. The quantitative estimate of drug-likeness (QED) is 0.555. The van der Waals surface area contributed by atoms with Gasteiger partial charge in [0.15, 0.2) is 6.61 Å². The summed E-state index contributed by atoms with van der Waals surface area (Å²) in [6.07, 6.45) is 0.0392. The predicted molar refractivity (Wildman–Crippen MR) is 102 cm³/mol. The summed E-state index contributed by atoms with van der Waals surface area (Å²) in [5, 5.41) is 2.62. The summed E-state index contributed by atoms with van der Waals surface area (Å²) in [6.45, 7) is -0.764. The van der Waals surface area contributed by atoms with Crippen LogP contribution >= 0.6 is 0 Å². The lowest BCUT2D eigenvalue weighted by molar-refractivity contribution is -0.151. The van der Waals surface area contributed by atoms with E-state index in [1.54, 1.807) is 55.6 Å². The molecule has 0 atom stereocenters. The molecule has 0 aliphatic carbocycles. The largest absolute Gasteiger partial charge is 0.497 e. The van der Waals surface area contributed by atoms with Crippen molar-refractivity contribution in [3.8, 4) is 5.75 Å². The Morgan fingerprint density at radius 1 is 1.07 bits per heavy atom. The number of ether oxygens (including phenoxy) is 2. The Hall–Kier alpha value is -3.68. The average molecular weight is 396 g/mol. The van der Waals surface area contributed by atoms with Gasteiger partial charge in [-0.05, 0) is 29.3 Å². The van der Waals surface area contributed by atoms with Gasteiger partial charge < -0.3 is 14.8 Å². The zero-order valence-corrected chi connectivity index (χ0v) is 15.8. The fraction of sp³-hybridized carbons (Fsp3) is 0.238. The number of nitrogens with zero attached hydrogens (tertiary/aromatic N) is 1. The first-order valence-corrected chi connectivity index (χ1v) is 8.96. The van der Waals surface area contributed by atoms with Gasteiger partial charge in [-0.1, -0.05) is 30.3 Å². The van der Waals surface area contributed by atoms with E-state index in [2.05, 4.69) is 5.32 Å². The summed E-state index contributed by atoms with van der Waals surface area (Å²) in [7, 11) is 1.56. The van der Waals surface area contributed by atoms with Crippen LogP contribution in [0.3, 0.4) is 0 Å². The minimum absolute atomic E-state index is 0.0392. The molecule has 1 aliphatic rings.